The van der Waals surface area contributed by atoms with Crippen LogP contribution in [0.15, 0.2) is 54.6 Å². The Bertz CT molecular complexity index is 714. The van der Waals surface area contributed by atoms with E-state index in [2.05, 4.69) is 34.5 Å². The molecule has 0 radical (unpaired) electrons. The lowest BCUT2D eigenvalue weighted by Gasteiger charge is -2.36. The monoisotopic (exact) mass is 383 g/mol. The van der Waals surface area contributed by atoms with Crippen molar-refractivity contribution in [3.63, 3.8) is 0 Å². The van der Waals surface area contributed by atoms with Crippen LogP contribution in [0.4, 0.5) is 10.5 Å². The fourth-order valence-electron chi connectivity index (χ4n) is 3.19. The van der Waals surface area contributed by atoms with Gasteiger partial charge in [-0.25, -0.2) is 4.79 Å². The largest absolute Gasteiger partial charge is 0.489 e. The fourth-order valence-corrected chi connectivity index (χ4v) is 3.19. The van der Waals surface area contributed by atoms with E-state index in [1.807, 2.05) is 35.2 Å². The third kappa shape index (κ3) is 5.89. The van der Waals surface area contributed by atoms with Crippen LogP contribution >= 0.6 is 0 Å². The molecular formula is C22H29N3O3. The molecule has 0 aromatic heterocycles. The van der Waals surface area contributed by atoms with Crippen molar-refractivity contribution < 1.29 is 14.3 Å². The maximum Gasteiger partial charge on any atom is 0.317 e. The van der Waals surface area contributed by atoms with Gasteiger partial charge in [-0.05, 0) is 36.2 Å². The number of methoxy groups -OCH3 is 1. The summed E-state index contributed by atoms with van der Waals surface area (Å²) in [5.74, 6) is 0.863. The van der Waals surface area contributed by atoms with Crippen LogP contribution in [0.3, 0.4) is 0 Å². The molecular weight excluding hydrogens is 354 g/mol. The Morgan fingerprint density at radius 1 is 1.00 bits per heavy atom. The van der Waals surface area contributed by atoms with Gasteiger partial charge >= 0.3 is 6.03 Å². The van der Waals surface area contributed by atoms with Crippen LogP contribution in [0.2, 0.25) is 0 Å². The zero-order valence-electron chi connectivity index (χ0n) is 16.5. The number of piperazine rings is 1. The Morgan fingerprint density at radius 3 is 2.39 bits per heavy atom. The number of ether oxygens (including phenoxy) is 2. The number of carbonyl (C=O) groups excluding carboxylic acids is 1. The average molecular weight is 383 g/mol. The number of hydrogen-bond donors (Lipinski definition) is 1. The second kappa shape index (κ2) is 10.6. The number of anilines is 1. The third-order valence-corrected chi connectivity index (χ3v) is 4.82. The molecule has 0 aliphatic carbocycles. The van der Waals surface area contributed by atoms with Gasteiger partial charge in [-0.1, -0.05) is 30.3 Å². The lowest BCUT2D eigenvalue weighted by Crippen LogP contribution is -2.52. The maximum absolute atomic E-state index is 12.2. The number of benzene rings is 2. The highest BCUT2D eigenvalue weighted by Crippen LogP contribution is 2.21. The van der Waals surface area contributed by atoms with E-state index < -0.39 is 0 Å². The molecule has 1 aliphatic heterocycles. The molecule has 0 unspecified atom stereocenters. The minimum atomic E-state index is 0.0143. The van der Waals surface area contributed by atoms with Crippen molar-refractivity contribution in [2.75, 3.05) is 51.3 Å². The van der Waals surface area contributed by atoms with Crippen molar-refractivity contribution in [2.24, 2.45) is 0 Å². The predicted octanol–water partition coefficient (Wildman–Crippen LogP) is 3.13. The molecule has 0 bridgehead atoms. The Hall–Kier alpha value is -2.73. The van der Waals surface area contributed by atoms with Gasteiger partial charge in [0.2, 0.25) is 0 Å². The molecule has 1 saturated heterocycles. The van der Waals surface area contributed by atoms with E-state index in [1.165, 1.54) is 0 Å². The van der Waals surface area contributed by atoms with Gasteiger partial charge in [0.15, 0.2) is 0 Å². The Balaban J connectivity index is 1.42. The molecule has 1 aliphatic rings. The SMILES string of the molecule is COCCCNC(=O)N1CCN(c2ccc(OCc3ccccc3)cc2)CC1. The van der Waals surface area contributed by atoms with Crippen molar-refractivity contribution in [3.05, 3.63) is 60.2 Å². The van der Waals surface area contributed by atoms with Gasteiger partial charge < -0.3 is 24.6 Å². The van der Waals surface area contributed by atoms with E-state index in [0.717, 1.165) is 49.6 Å². The molecule has 28 heavy (non-hydrogen) atoms. The van der Waals surface area contributed by atoms with E-state index >= 15 is 0 Å². The molecule has 0 atom stereocenters. The Labute approximate surface area is 167 Å². The highest BCUT2D eigenvalue weighted by atomic mass is 16.5. The van der Waals surface area contributed by atoms with Gasteiger partial charge in [0.1, 0.15) is 12.4 Å². The summed E-state index contributed by atoms with van der Waals surface area (Å²) in [6.45, 7) is 4.99. The molecule has 2 aromatic carbocycles. The van der Waals surface area contributed by atoms with E-state index in [-0.39, 0.29) is 6.03 Å². The van der Waals surface area contributed by atoms with Gasteiger partial charge in [0, 0.05) is 52.1 Å². The normalized spacial score (nSPS) is 14.0. The molecule has 3 rings (SSSR count). The van der Waals surface area contributed by atoms with Crippen LogP contribution in [-0.2, 0) is 11.3 Å². The molecule has 1 heterocycles. The van der Waals surface area contributed by atoms with Crippen molar-refractivity contribution >= 4 is 11.7 Å². The zero-order chi connectivity index (χ0) is 19.6. The first kappa shape index (κ1) is 20.0. The molecule has 6 heteroatoms. The molecule has 1 N–H and O–H groups in total. The molecule has 6 nitrogen and oxygen atoms in total. The van der Waals surface area contributed by atoms with Crippen molar-refractivity contribution in [2.45, 2.75) is 13.0 Å². The van der Waals surface area contributed by atoms with Crippen molar-refractivity contribution in [3.8, 4) is 5.75 Å². The summed E-state index contributed by atoms with van der Waals surface area (Å²) in [5.41, 5.74) is 2.32. The number of urea groups is 1. The van der Waals surface area contributed by atoms with Crippen LogP contribution in [0.25, 0.3) is 0 Å². The number of nitrogens with zero attached hydrogens (tertiary/aromatic N) is 2. The molecule has 1 fully saturated rings. The van der Waals surface area contributed by atoms with Gasteiger partial charge in [-0.2, -0.15) is 0 Å². The van der Waals surface area contributed by atoms with Gasteiger partial charge in [-0.3, -0.25) is 0 Å². The first-order valence-electron chi connectivity index (χ1n) is 9.80. The van der Waals surface area contributed by atoms with E-state index in [1.54, 1.807) is 7.11 Å². The zero-order valence-corrected chi connectivity index (χ0v) is 16.5. The number of amides is 2. The Morgan fingerprint density at radius 2 is 1.71 bits per heavy atom. The Kier molecular flexibility index (Phi) is 7.55. The molecule has 0 saturated carbocycles. The van der Waals surface area contributed by atoms with Crippen molar-refractivity contribution in [1.82, 2.24) is 10.2 Å². The molecule has 150 valence electrons. The second-order valence-electron chi connectivity index (χ2n) is 6.82. The standard InChI is InChI=1S/C22H29N3O3/c1-27-17-5-12-23-22(26)25-15-13-24(14-16-25)20-8-10-21(11-9-20)28-18-19-6-3-2-4-7-19/h2-4,6-11H,5,12-18H2,1H3,(H,23,26). The predicted molar refractivity (Wildman–Crippen MR) is 111 cm³/mol. The topological polar surface area (TPSA) is 54.0 Å². The van der Waals surface area contributed by atoms with Crippen LogP contribution in [-0.4, -0.2) is 57.4 Å². The van der Waals surface area contributed by atoms with Crippen LogP contribution < -0.4 is 15.0 Å². The van der Waals surface area contributed by atoms with E-state index in [9.17, 15) is 4.79 Å². The van der Waals surface area contributed by atoms with Gasteiger partial charge in [0.05, 0.1) is 0 Å². The fraction of sp³-hybridized carbons (Fsp3) is 0.409. The minimum Gasteiger partial charge on any atom is -0.489 e. The first-order chi connectivity index (χ1) is 13.8. The first-order valence-corrected chi connectivity index (χ1v) is 9.80. The van der Waals surface area contributed by atoms with Gasteiger partial charge in [0.25, 0.3) is 0 Å². The summed E-state index contributed by atoms with van der Waals surface area (Å²) in [6.07, 6.45) is 0.834. The number of nitrogens with one attached hydrogen (secondary N) is 1. The number of carbonyl (C=O) groups is 1. The molecule has 2 amide bonds. The highest BCUT2D eigenvalue weighted by Gasteiger charge is 2.20. The quantitative estimate of drug-likeness (QED) is 0.712. The minimum absolute atomic E-state index is 0.0143. The smallest absolute Gasteiger partial charge is 0.317 e. The summed E-state index contributed by atoms with van der Waals surface area (Å²) in [4.78, 5) is 16.4. The molecule has 0 spiro atoms. The van der Waals surface area contributed by atoms with Crippen LogP contribution in [0.5, 0.6) is 5.75 Å². The average Bonchev–Trinajstić information content (AvgIpc) is 2.76. The maximum atomic E-state index is 12.2. The lowest BCUT2D eigenvalue weighted by atomic mass is 10.2. The van der Waals surface area contributed by atoms with E-state index in [0.29, 0.717) is 19.8 Å². The molecule has 2 aromatic rings. The van der Waals surface area contributed by atoms with Crippen LogP contribution in [0.1, 0.15) is 12.0 Å². The highest BCUT2D eigenvalue weighted by molar-refractivity contribution is 5.74. The third-order valence-electron chi connectivity index (χ3n) is 4.82. The summed E-state index contributed by atoms with van der Waals surface area (Å²) in [5, 5.41) is 2.95. The summed E-state index contributed by atoms with van der Waals surface area (Å²) >= 11 is 0. The number of rotatable bonds is 8. The van der Waals surface area contributed by atoms with Crippen LogP contribution in [0, 0.1) is 0 Å². The lowest BCUT2D eigenvalue weighted by molar-refractivity contribution is 0.183. The summed E-state index contributed by atoms with van der Waals surface area (Å²) < 4.78 is 10.8. The van der Waals surface area contributed by atoms with E-state index in [4.69, 9.17) is 9.47 Å². The van der Waals surface area contributed by atoms with Gasteiger partial charge in [-0.15, -0.1) is 0 Å². The van der Waals surface area contributed by atoms with Crippen molar-refractivity contribution in [1.29, 1.82) is 0 Å². The second-order valence-corrected chi connectivity index (χ2v) is 6.82. The number of hydrogen-bond acceptors (Lipinski definition) is 4. The summed E-state index contributed by atoms with van der Waals surface area (Å²) in [7, 11) is 1.67. The summed E-state index contributed by atoms with van der Waals surface area (Å²) in [6, 6.07) is 18.3.